The number of carbonyl (C=O) groups excluding carboxylic acids is 1. The van der Waals surface area contributed by atoms with Crippen molar-refractivity contribution < 1.29 is 14.5 Å². The zero-order valence-electron chi connectivity index (χ0n) is 16.7. The number of esters is 1. The van der Waals surface area contributed by atoms with E-state index in [1.165, 1.54) is 12.5 Å². The molecule has 31 heavy (non-hydrogen) atoms. The second kappa shape index (κ2) is 9.81. The number of pyridine rings is 1. The van der Waals surface area contributed by atoms with E-state index >= 15 is 0 Å². The van der Waals surface area contributed by atoms with Gasteiger partial charge in [-0.2, -0.15) is 0 Å². The van der Waals surface area contributed by atoms with Crippen molar-refractivity contribution in [3.8, 4) is 0 Å². The van der Waals surface area contributed by atoms with Gasteiger partial charge in [-0.3, -0.25) is 10.1 Å². The van der Waals surface area contributed by atoms with Crippen LogP contribution < -0.4 is 10.6 Å². The van der Waals surface area contributed by atoms with E-state index in [1.807, 2.05) is 13.8 Å². The molecule has 0 radical (unpaired) electrons. The Bertz CT molecular complexity index is 1090. The predicted octanol–water partition coefficient (Wildman–Crippen LogP) is 4.73. The van der Waals surface area contributed by atoms with Crippen LogP contribution in [0.25, 0.3) is 0 Å². The minimum Gasteiger partial charge on any atom is -0.462 e. The van der Waals surface area contributed by atoms with E-state index in [0.29, 0.717) is 23.5 Å². The third-order valence-corrected chi connectivity index (χ3v) is 4.25. The predicted molar refractivity (Wildman–Crippen MR) is 116 cm³/mol. The van der Waals surface area contributed by atoms with E-state index in [2.05, 4.69) is 25.6 Å². The number of ether oxygens (including phenoxy) is 1. The maximum absolute atomic E-state index is 12.0. The van der Waals surface area contributed by atoms with Crippen molar-refractivity contribution in [3.63, 3.8) is 0 Å². The second-order valence-electron chi connectivity index (χ2n) is 6.84. The lowest BCUT2D eigenvalue weighted by atomic mass is 10.2. The smallest absolute Gasteiger partial charge is 0.353 e. The molecule has 0 spiro atoms. The highest BCUT2D eigenvalue weighted by Gasteiger charge is 2.24. The van der Waals surface area contributed by atoms with Gasteiger partial charge in [-0.15, -0.1) is 0 Å². The Morgan fingerprint density at radius 2 is 1.81 bits per heavy atom. The Labute approximate surface area is 182 Å². The average molecular weight is 443 g/mol. The Kier molecular flexibility index (Phi) is 6.93. The monoisotopic (exact) mass is 442 g/mol. The molecule has 3 aromatic rings. The van der Waals surface area contributed by atoms with Crippen LogP contribution in [-0.2, 0) is 4.74 Å². The molecular weight excluding hydrogens is 424 g/mol. The van der Waals surface area contributed by atoms with Gasteiger partial charge in [0.2, 0.25) is 11.6 Å². The number of hydrogen-bond acceptors (Lipinski definition) is 9. The molecule has 2 heterocycles. The first-order valence-electron chi connectivity index (χ1n) is 9.26. The zero-order valence-corrected chi connectivity index (χ0v) is 17.5. The summed E-state index contributed by atoms with van der Waals surface area (Å²) in [6, 6.07) is 9.57. The van der Waals surface area contributed by atoms with Crippen molar-refractivity contribution >= 4 is 46.3 Å². The van der Waals surface area contributed by atoms with Gasteiger partial charge >= 0.3 is 11.7 Å². The largest absolute Gasteiger partial charge is 0.462 e. The van der Waals surface area contributed by atoms with Crippen LogP contribution in [0.5, 0.6) is 0 Å². The van der Waals surface area contributed by atoms with Gasteiger partial charge in [0.1, 0.15) is 6.33 Å². The lowest BCUT2D eigenvalue weighted by molar-refractivity contribution is -0.383. The molecule has 0 aliphatic rings. The van der Waals surface area contributed by atoms with Crippen molar-refractivity contribution in [1.29, 1.82) is 0 Å². The van der Waals surface area contributed by atoms with E-state index in [0.717, 1.165) is 0 Å². The van der Waals surface area contributed by atoms with Gasteiger partial charge in [-0.05, 0) is 42.3 Å². The number of halogens is 1. The topological polar surface area (TPSA) is 132 Å². The van der Waals surface area contributed by atoms with E-state index < -0.39 is 10.9 Å². The van der Waals surface area contributed by atoms with Crippen LogP contribution in [0.4, 0.5) is 28.7 Å². The number of anilines is 4. The van der Waals surface area contributed by atoms with Gasteiger partial charge < -0.3 is 15.4 Å². The number of benzene rings is 1. The lowest BCUT2D eigenvalue weighted by Crippen LogP contribution is -2.10. The summed E-state index contributed by atoms with van der Waals surface area (Å²) in [6.07, 6.45) is 2.68. The first-order valence-corrected chi connectivity index (χ1v) is 9.64. The number of nitrogens with zero attached hydrogens (tertiary/aromatic N) is 4. The zero-order chi connectivity index (χ0) is 22.4. The number of carbonyl (C=O) groups is 1. The molecular formula is C20H19ClN6O4. The molecule has 0 unspecified atom stereocenters. The molecule has 160 valence electrons. The molecule has 10 nitrogen and oxygen atoms in total. The molecule has 11 heteroatoms. The van der Waals surface area contributed by atoms with E-state index in [1.54, 1.807) is 36.4 Å². The van der Waals surface area contributed by atoms with Crippen molar-refractivity contribution in [2.45, 2.75) is 13.8 Å². The van der Waals surface area contributed by atoms with Gasteiger partial charge in [0.05, 0.1) is 22.8 Å². The van der Waals surface area contributed by atoms with Crippen molar-refractivity contribution in [2.24, 2.45) is 5.92 Å². The summed E-state index contributed by atoms with van der Waals surface area (Å²) in [5, 5.41) is 17.5. The minimum absolute atomic E-state index is 0.0300. The number of nitrogens with one attached hydrogen (secondary N) is 2. The molecule has 0 atom stereocenters. The highest BCUT2D eigenvalue weighted by atomic mass is 35.5. The summed E-state index contributed by atoms with van der Waals surface area (Å²) in [4.78, 5) is 35.0. The Hall–Kier alpha value is -3.79. The summed E-state index contributed by atoms with van der Waals surface area (Å²) in [7, 11) is 0. The normalized spacial score (nSPS) is 10.6. The van der Waals surface area contributed by atoms with Crippen LogP contribution in [0.3, 0.4) is 0 Å². The second-order valence-corrected chi connectivity index (χ2v) is 7.20. The molecule has 0 saturated carbocycles. The van der Waals surface area contributed by atoms with Gasteiger partial charge in [-0.1, -0.05) is 25.4 Å². The first kappa shape index (κ1) is 21.9. The summed E-state index contributed by atoms with van der Waals surface area (Å²) in [5.74, 6) is -0.287. The molecule has 2 aromatic heterocycles. The number of hydrogen-bond donors (Lipinski definition) is 2. The van der Waals surface area contributed by atoms with Crippen LogP contribution in [0.2, 0.25) is 5.15 Å². The first-order chi connectivity index (χ1) is 14.8. The van der Waals surface area contributed by atoms with Crippen LogP contribution >= 0.6 is 11.6 Å². The molecule has 0 fully saturated rings. The lowest BCUT2D eigenvalue weighted by Gasteiger charge is -2.11. The average Bonchev–Trinajstić information content (AvgIpc) is 2.74. The van der Waals surface area contributed by atoms with Crippen LogP contribution in [0.15, 0.2) is 48.9 Å². The quantitative estimate of drug-likeness (QED) is 0.220. The molecule has 3 rings (SSSR count). The highest BCUT2D eigenvalue weighted by molar-refractivity contribution is 6.32. The van der Waals surface area contributed by atoms with E-state index in [4.69, 9.17) is 16.3 Å². The van der Waals surface area contributed by atoms with Crippen molar-refractivity contribution in [2.75, 3.05) is 17.2 Å². The molecule has 1 aromatic carbocycles. The Morgan fingerprint density at radius 1 is 1.13 bits per heavy atom. The van der Waals surface area contributed by atoms with Gasteiger partial charge in [0.15, 0.2) is 5.15 Å². The molecule has 0 amide bonds. The van der Waals surface area contributed by atoms with Crippen molar-refractivity contribution in [1.82, 2.24) is 15.0 Å². The highest BCUT2D eigenvalue weighted by Crippen LogP contribution is 2.34. The third kappa shape index (κ3) is 5.64. The van der Waals surface area contributed by atoms with Crippen LogP contribution in [-0.4, -0.2) is 32.5 Å². The van der Waals surface area contributed by atoms with E-state index in [-0.39, 0.29) is 28.4 Å². The molecule has 2 N–H and O–H groups in total. The minimum atomic E-state index is -0.605. The Balaban J connectivity index is 1.82. The summed E-state index contributed by atoms with van der Waals surface area (Å²) in [6.45, 7) is 4.21. The maximum atomic E-state index is 12.0. The van der Waals surface area contributed by atoms with Crippen molar-refractivity contribution in [3.05, 3.63) is 69.8 Å². The van der Waals surface area contributed by atoms with Gasteiger partial charge in [-0.25, -0.2) is 19.7 Å². The molecule has 0 aliphatic carbocycles. The number of rotatable bonds is 8. The number of nitro groups is 1. The molecule has 0 bridgehead atoms. The fraction of sp³-hybridized carbons (Fsp3) is 0.200. The summed E-state index contributed by atoms with van der Waals surface area (Å²) in [5.41, 5.74) is 0.855. The SMILES string of the molecule is CC(C)COC(=O)c1ccc(Nc2ncnc(Nc3cccnc3Cl)c2[N+](=O)[O-])cc1. The van der Waals surface area contributed by atoms with Crippen LogP contribution in [0.1, 0.15) is 24.2 Å². The summed E-state index contributed by atoms with van der Waals surface area (Å²) >= 11 is 6.02. The summed E-state index contributed by atoms with van der Waals surface area (Å²) < 4.78 is 5.19. The molecule has 0 saturated heterocycles. The number of aromatic nitrogens is 3. The van der Waals surface area contributed by atoms with Gasteiger partial charge in [0, 0.05) is 11.9 Å². The Morgan fingerprint density at radius 3 is 2.42 bits per heavy atom. The fourth-order valence-corrected chi connectivity index (χ4v) is 2.66. The van der Waals surface area contributed by atoms with Gasteiger partial charge in [0.25, 0.3) is 0 Å². The fourth-order valence-electron chi connectivity index (χ4n) is 2.49. The molecule has 0 aliphatic heterocycles. The van der Waals surface area contributed by atoms with E-state index in [9.17, 15) is 14.9 Å². The third-order valence-electron chi connectivity index (χ3n) is 3.95. The van der Waals surface area contributed by atoms with Crippen LogP contribution in [0, 0.1) is 16.0 Å². The standard InChI is InChI=1S/C20H19ClN6O4/c1-12(2)10-31-20(28)13-5-7-14(8-6-13)25-18-16(27(29)30)19(24-11-23-18)26-15-4-3-9-22-17(15)21/h3-9,11-12H,10H2,1-2H3,(H2,23,24,25,26). The maximum Gasteiger partial charge on any atom is 0.353 e.